The largest absolute Gasteiger partial charge is 0.465 e. The second kappa shape index (κ2) is 6.94. The van der Waals surface area contributed by atoms with Crippen molar-refractivity contribution in [3.63, 3.8) is 0 Å². The number of halogens is 1. The highest BCUT2D eigenvalue weighted by molar-refractivity contribution is 6.34. The van der Waals surface area contributed by atoms with Gasteiger partial charge in [0.15, 0.2) is 6.10 Å². The highest BCUT2D eigenvalue weighted by atomic mass is 35.5. The summed E-state index contributed by atoms with van der Waals surface area (Å²) < 4.78 is 9.84. The summed E-state index contributed by atoms with van der Waals surface area (Å²) in [4.78, 5) is 36.1. The van der Waals surface area contributed by atoms with Gasteiger partial charge in [-0.1, -0.05) is 29.8 Å². The molecule has 1 N–H and O–H groups in total. The number of carbonyl (C=O) groups excluding carboxylic acids is 3. The topological polar surface area (TPSA) is 81.7 Å². The van der Waals surface area contributed by atoms with Crippen LogP contribution in [0.15, 0.2) is 42.5 Å². The second-order valence-electron chi connectivity index (χ2n) is 5.43. The minimum atomic E-state index is -0.972. The van der Waals surface area contributed by atoms with E-state index in [0.717, 1.165) is 5.56 Å². The summed E-state index contributed by atoms with van der Waals surface area (Å²) in [5.41, 5.74) is 1.68. The van der Waals surface area contributed by atoms with Crippen LogP contribution in [0.5, 0.6) is 0 Å². The number of rotatable bonds is 3. The van der Waals surface area contributed by atoms with Gasteiger partial charge in [-0.25, -0.2) is 9.59 Å². The average Bonchev–Trinajstić information content (AvgIpc) is 2.62. The lowest BCUT2D eigenvalue weighted by atomic mass is 9.98. The Morgan fingerprint density at radius 3 is 2.76 bits per heavy atom. The zero-order valence-corrected chi connectivity index (χ0v) is 14.0. The molecule has 0 fully saturated rings. The van der Waals surface area contributed by atoms with Crippen molar-refractivity contribution in [2.24, 2.45) is 0 Å². The van der Waals surface area contributed by atoms with Gasteiger partial charge in [0.05, 0.1) is 28.9 Å². The van der Waals surface area contributed by atoms with E-state index in [1.54, 1.807) is 24.3 Å². The van der Waals surface area contributed by atoms with E-state index >= 15 is 0 Å². The number of ether oxygens (including phenoxy) is 2. The smallest absolute Gasteiger partial charge is 0.339 e. The summed E-state index contributed by atoms with van der Waals surface area (Å²) in [5.74, 6) is -1.62. The first-order chi connectivity index (χ1) is 12.0. The molecule has 0 aliphatic carbocycles. The van der Waals surface area contributed by atoms with Gasteiger partial charge in [-0.2, -0.15) is 0 Å². The van der Waals surface area contributed by atoms with Crippen molar-refractivity contribution in [2.75, 3.05) is 12.4 Å². The quantitative estimate of drug-likeness (QED) is 0.852. The van der Waals surface area contributed by atoms with E-state index in [-0.39, 0.29) is 22.7 Å². The van der Waals surface area contributed by atoms with Gasteiger partial charge in [0.1, 0.15) is 0 Å². The summed E-state index contributed by atoms with van der Waals surface area (Å²) in [6.45, 7) is 0. The maximum atomic E-state index is 12.5. The number of carbonyl (C=O) groups is 3. The number of cyclic esters (lactones) is 1. The molecule has 2 aromatic rings. The molecule has 6 nitrogen and oxygen atoms in total. The third kappa shape index (κ3) is 3.49. The SMILES string of the molecule is COC(=O)c1ccc(Cl)c(NC(=O)C2Cc3ccccc3C(=O)O2)c1. The first-order valence-electron chi connectivity index (χ1n) is 7.47. The van der Waals surface area contributed by atoms with Crippen LogP contribution in [0.3, 0.4) is 0 Å². The van der Waals surface area contributed by atoms with Crippen molar-refractivity contribution in [3.05, 3.63) is 64.2 Å². The third-order valence-corrected chi connectivity index (χ3v) is 4.16. The van der Waals surface area contributed by atoms with E-state index in [9.17, 15) is 14.4 Å². The fourth-order valence-electron chi connectivity index (χ4n) is 2.56. The van der Waals surface area contributed by atoms with E-state index in [4.69, 9.17) is 16.3 Å². The average molecular weight is 360 g/mol. The van der Waals surface area contributed by atoms with Gasteiger partial charge in [-0.05, 0) is 29.8 Å². The summed E-state index contributed by atoms with van der Waals surface area (Å²) in [5, 5.41) is 2.85. The van der Waals surface area contributed by atoms with Crippen LogP contribution in [0.1, 0.15) is 26.3 Å². The molecule has 1 unspecified atom stereocenters. The molecule has 1 aliphatic rings. The highest BCUT2D eigenvalue weighted by Gasteiger charge is 2.31. The number of hydrogen-bond acceptors (Lipinski definition) is 5. The van der Waals surface area contributed by atoms with Crippen molar-refractivity contribution < 1.29 is 23.9 Å². The fraction of sp³-hybridized carbons (Fsp3) is 0.167. The van der Waals surface area contributed by atoms with Gasteiger partial charge < -0.3 is 14.8 Å². The minimum Gasteiger partial charge on any atom is -0.465 e. The Bertz CT molecular complexity index is 864. The molecule has 3 rings (SSSR count). The Morgan fingerprint density at radius 1 is 1.24 bits per heavy atom. The van der Waals surface area contributed by atoms with Crippen LogP contribution in [0.4, 0.5) is 5.69 Å². The molecule has 1 atom stereocenters. The molecule has 0 spiro atoms. The maximum absolute atomic E-state index is 12.5. The lowest BCUT2D eigenvalue weighted by Crippen LogP contribution is -2.38. The zero-order chi connectivity index (χ0) is 18.0. The zero-order valence-electron chi connectivity index (χ0n) is 13.2. The molecular formula is C18H14ClNO5. The van der Waals surface area contributed by atoms with Gasteiger partial charge >= 0.3 is 11.9 Å². The summed E-state index contributed by atoms with van der Waals surface area (Å²) in [7, 11) is 1.26. The van der Waals surface area contributed by atoms with E-state index in [0.29, 0.717) is 5.56 Å². The lowest BCUT2D eigenvalue weighted by Gasteiger charge is -2.24. The molecular weight excluding hydrogens is 346 g/mol. The van der Waals surface area contributed by atoms with E-state index in [1.807, 2.05) is 0 Å². The Hall–Kier alpha value is -2.86. The number of methoxy groups -OCH3 is 1. The molecule has 1 heterocycles. The van der Waals surface area contributed by atoms with Crippen molar-refractivity contribution in [3.8, 4) is 0 Å². The molecule has 0 saturated heterocycles. The highest BCUT2D eigenvalue weighted by Crippen LogP contribution is 2.26. The van der Waals surface area contributed by atoms with Crippen LogP contribution in [0.2, 0.25) is 5.02 Å². The monoisotopic (exact) mass is 359 g/mol. The molecule has 25 heavy (non-hydrogen) atoms. The molecule has 0 radical (unpaired) electrons. The first-order valence-corrected chi connectivity index (χ1v) is 7.85. The number of benzene rings is 2. The predicted octanol–water partition coefficient (Wildman–Crippen LogP) is 2.85. The Morgan fingerprint density at radius 2 is 2.00 bits per heavy atom. The molecule has 0 saturated carbocycles. The second-order valence-corrected chi connectivity index (χ2v) is 5.84. The van der Waals surface area contributed by atoms with Crippen molar-refractivity contribution in [1.82, 2.24) is 0 Å². The van der Waals surface area contributed by atoms with Gasteiger partial charge in [0, 0.05) is 6.42 Å². The number of hydrogen-bond donors (Lipinski definition) is 1. The van der Waals surface area contributed by atoms with Gasteiger partial charge in [-0.15, -0.1) is 0 Å². The molecule has 7 heteroatoms. The minimum absolute atomic E-state index is 0.240. The maximum Gasteiger partial charge on any atom is 0.339 e. The van der Waals surface area contributed by atoms with Crippen molar-refractivity contribution >= 4 is 35.1 Å². The van der Waals surface area contributed by atoms with Crippen LogP contribution in [0, 0.1) is 0 Å². The normalized spacial score (nSPS) is 15.8. The molecule has 0 aromatic heterocycles. The van der Waals surface area contributed by atoms with E-state index < -0.39 is 23.9 Å². The molecule has 2 aromatic carbocycles. The summed E-state index contributed by atoms with van der Waals surface area (Å²) >= 11 is 6.06. The van der Waals surface area contributed by atoms with Gasteiger partial charge in [-0.3, -0.25) is 4.79 Å². The van der Waals surface area contributed by atoms with E-state index in [1.165, 1.54) is 25.3 Å². The number of fused-ring (bicyclic) bond motifs is 1. The number of esters is 2. The molecule has 1 aliphatic heterocycles. The molecule has 1 amide bonds. The Labute approximate surface area is 148 Å². The van der Waals surface area contributed by atoms with Crippen LogP contribution in [-0.4, -0.2) is 31.1 Å². The van der Waals surface area contributed by atoms with Crippen LogP contribution >= 0.6 is 11.6 Å². The Kier molecular flexibility index (Phi) is 4.72. The van der Waals surface area contributed by atoms with Crippen LogP contribution in [0.25, 0.3) is 0 Å². The van der Waals surface area contributed by atoms with Gasteiger partial charge in [0.2, 0.25) is 0 Å². The Balaban J connectivity index is 1.79. The summed E-state index contributed by atoms with van der Waals surface area (Å²) in [6.07, 6.45) is -0.706. The van der Waals surface area contributed by atoms with Crippen LogP contribution < -0.4 is 5.32 Å². The predicted molar refractivity (Wildman–Crippen MR) is 90.8 cm³/mol. The standard InChI is InChI=1S/C18H14ClNO5/c1-24-17(22)11-6-7-13(19)14(8-11)20-16(21)15-9-10-4-2-3-5-12(10)18(23)25-15/h2-8,15H,9H2,1H3,(H,20,21). The van der Waals surface area contributed by atoms with Crippen LogP contribution in [-0.2, 0) is 20.7 Å². The number of anilines is 1. The van der Waals surface area contributed by atoms with Crippen molar-refractivity contribution in [1.29, 1.82) is 0 Å². The third-order valence-electron chi connectivity index (χ3n) is 3.83. The molecule has 0 bridgehead atoms. The first kappa shape index (κ1) is 17.0. The van der Waals surface area contributed by atoms with Gasteiger partial charge in [0.25, 0.3) is 5.91 Å². The van der Waals surface area contributed by atoms with Crippen molar-refractivity contribution in [2.45, 2.75) is 12.5 Å². The number of nitrogens with one attached hydrogen (secondary N) is 1. The fourth-order valence-corrected chi connectivity index (χ4v) is 2.72. The molecule has 128 valence electrons. The lowest BCUT2D eigenvalue weighted by molar-refractivity contribution is -0.125. The van der Waals surface area contributed by atoms with E-state index in [2.05, 4.69) is 10.1 Å². The number of amides is 1. The summed E-state index contributed by atoms with van der Waals surface area (Å²) in [6, 6.07) is 11.3.